The van der Waals surface area contributed by atoms with E-state index in [9.17, 15) is 13.2 Å². The van der Waals surface area contributed by atoms with E-state index in [1.807, 2.05) is 17.0 Å². The largest absolute Gasteiger partial charge is 0.417 e. The van der Waals surface area contributed by atoms with Gasteiger partial charge < -0.3 is 9.80 Å². The number of nitrogens with zero attached hydrogens (tertiary/aromatic N) is 5. The Balaban J connectivity index is 1.68. The highest BCUT2D eigenvalue weighted by atomic mass is 19.4. The minimum atomic E-state index is -4.37. The Morgan fingerprint density at radius 3 is 1.92 bits per heavy atom. The number of halogens is 3. The zero-order chi connectivity index (χ0) is 17.9. The standard InChI is InChI=1S/C17H16F3N5/c18-17(19,20)14-3-5-16(23-12-14)25-7-1-6-24(8-9-25)15-4-2-13(10-21)11-22-15/h2-5,11-12H,1,6-9H2. The Kier molecular flexibility index (Phi) is 4.74. The maximum atomic E-state index is 12.6. The molecule has 1 aliphatic heterocycles. The third kappa shape index (κ3) is 3.99. The summed E-state index contributed by atoms with van der Waals surface area (Å²) in [6.07, 6.45) is -1.12. The minimum Gasteiger partial charge on any atom is -0.355 e. The van der Waals surface area contributed by atoms with Gasteiger partial charge in [0, 0.05) is 38.6 Å². The van der Waals surface area contributed by atoms with Crippen LogP contribution in [0.25, 0.3) is 0 Å². The van der Waals surface area contributed by atoms with Crippen LogP contribution >= 0.6 is 0 Å². The lowest BCUT2D eigenvalue weighted by Gasteiger charge is -2.23. The molecule has 0 aliphatic carbocycles. The highest BCUT2D eigenvalue weighted by Gasteiger charge is 2.31. The molecule has 5 nitrogen and oxygen atoms in total. The van der Waals surface area contributed by atoms with E-state index < -0.39 is 11.7 Å². The quantitative estimate of drug-likeness (QED) is 0.836. The molecular formula is C17H16F3N5. The summed E-state index contributed by atoms with van der Waals surface area (Å²) in [6, 6.07) is 8.05. The molecule has 0 amide bonds. The zero-order valence-electron chi connectivity index (χ0n) is 13.4. The molecule has 0 unspecified atom stereocenters. The van der Waals surface area contributed by atoms with Gasteiger partial charge in [-0.25, -0.2) is 9.97 Å². The number of hydrogen-bond donors (Lipinski definition) is 0. The second kappa shape index (κ2) is 6.97. The first kappa shape index (κ1) is 17.0. The van der Waals surface area contributed by atoms with Gasteiger partial charge in [0.1, 0.15) is 17.7 Å². The van der Waals surface area contributed by atoms with Crippen molar-refractivity contribution in [3.8, 4) is 6.07 Å². The molecule has 0 spiro atoms. The predicted molar refractivity (Wildman–Crippen MR) is 87.2 cm³/mol. The van der Waals surface area contributed by atoms with E-state index in [1.165, 1.54) is 12.3 Å². The molecule has 1 fully saturated rings. The average Bonchev–Trinajstić information content (AvgIpc) is 2.87. The fourth-order valence-electron chi connectivity index (χ4n) is 2.76. The first-order valence-electron chi connectivity index (χ1n) is 7.87. The van der Waals surface area contributed by atoms with Crippen molar-refractivity contribution < 1.29 is 13.2 Å². The molecule has 0 N–H and O–H groups in total. The summed E-state index contributed by atoms with van der Waals surface area (Å²) in [5.74, 6) is 1.34. The van der Waals surface area contributed by atoms with Gasteiger partial charge in [-0.3, -0.25) is 0 Å². The number of hydrogen-bond acceptors (Lipinski definition) is 5. The second-order valence-corrected chi connectivity index (χ2v) is 5.75. The molecule has 0 aromatic carbocycles. The molecule has 1 saturated heterocycles. The summed E-state index contributed by atoms with van der Waals surface area (Å²) < 4.78 is 37.9. The van der Waals surface area contributed by atoms with Crippen molar-refractivity contribution in [2.24, 2.45) is 0 Å². The Labute approximate surface area is 143 Å². The molecular weight excluding hydrogens is 331 g/mol. The molecule has 1 aliphatic rings. The molecule has 0 bridgehead atoms. The fraction of sp³-hybridized carbons (Fsp3) is 0.353. The van der Waals surface area contributed by atoms with Crippen molar-refractivity contribution in [3.63, 3.8) is 0 Å². The van der Waals surface area contributed by atoms with Crippen molar-refractivity contribution in [1.29, 1.82) is 5.26 Å². The van der Waals surface area contributed by atoms with Gasteiger partial charge in [0.25, 0.3) is 0 Å². The number of aromatic nitrogens is 2. The topological polar surface area (TPSA) is 56.1 Å². The number of nitriles is 1. The summed E-state index contributed by atoms with van der Waals surface area (Å²) in [5.41, 5.74) is -0.233. The van der Waals surface area contributed by atoms with Gasteiger partial charge in [-0.2, -0.15) is 18.4 Å². The average molecular weight is 347 g/mol. The van der Waals surface area contributed by atoms with Crippen LogP contribution < -0.4 is 9.80 Å². The van der Waals surface area contributed by atoms with Gasteiger partial charge in [0.15, 0.2) is 0 Å². The molecule has 130 valence electrons. The molecule has 2 aromatic heterocycles. The lowest BCUT2D eigenvalue weighted by molar-refractivity contribution is -0.137. The molecule has 0 saturated carbocycles. The van der Waals surface area contributed by atoms with Gasteiger partial charge in [0.2, 0.25) is 0 Å². The summed E-state index contributed by atoms with van der Waals surface area (Å²) in [7, 11) is 0. The van der Waals surface area contributed by atoms with Crippen molar-refractivity contribution in [2.75, 3.05) is 36.0 Å². The van der Waals surface area contributed by atoms with E-state index in [0.717, 1.165) is 31.0 Å². The third-order valence-corrected chi connectivity index (χ3v) is 4.10. The summed E-state index contributed by atoms with van der Waals surface area (Å²) >= 11 is 0. The van der Waals surface area contributed by atoms with Gasteiger partial charge >= 0.3 is 6.18 Å². The van der Waals surface area contributed by atoms with Crippen molar-refractivity contribution in [3.05, 3.63) is 47.8 Å². The first-order valence-corrected chi connectivity index (χ1v) is 7.87. The van der Waals surface area contributed by atoms with Crippen molar-refractivity contribution >= 4 is 11.6 Å². The van der Waals surface area contributed by atoms with E-state index in [2.05, 4.69) is 14.9 Å². The predicted octanol–water partition coefficient (Wildman–Crippen LogP) is 3.08. The zero-order valence-corrected chi connectivity index (χ0v) is 13.4. The lowest BCUT2D eigenvalue weighted by atomic mass is 10.2. The molecule has 8 heteroatoms. The summed E-state index contributed by atoms with van der Waals surface area (Å²) in [4.78, 5) is 12.3. The number of pyridine rings is 2. The first-order chi connectivity index (χ1) is 12.0. The highest BCUT2D eigenvalue weighted by molar-refractivity contribution is 5.45. The number of anilines is 2. The van der Waals surface area contributed by atoms with Gasteiger partial charge in [0.05, 0.1) is 11.1 Å². The van der Waals surface area contributed by atoms with Gasteiger partial charge in [-0.1, -0.05) is 0 Å². The van der Waals surface area contributed by atoms with E-state index in [-0.39, 0.29) is 0 Å². The smallest absolute Gasteiger partial charge is 0.355 e. The van der Waals surface area contributed by atoms with Crippen LogP contribution in [0.1, 0.15) is 17.5 Å². The molecule has 3 rings (SSSR count). The number of rotatable bonds is 2. The molecule has 2 aromatic rings. The van der Waals surface area contributed by atoms with Gasteiger partial charge in [-0.15, -0.1) is 0 Å². The SMILES string of the molecule is N#Cc1ccc(N2CCCN(c3ccc(C(F)(F)F)cn3)CC2)nc1. The normalized spacial score (nSPS) is 15.6. The Bertz CT molecular complexity index is 750. The van der Waals surface area contributed by atoms with Crippen LogP contribution in [-0.4, -0.2) is 36.1 Å². The Morgan fingerprint density at radius 2 is 1.48 bits per heavy atom. The van der Waals surface area contributed by atoms with Crippen LogP contribution in [0.5, 0.6) is 0 Å². The van der Waals surface area contributed by atoms with Crippen LogP contribution in [0.15, 0.2) is 36.7 Å². The minimum absolute atomic E-state index is 0.508. The molecule has 3 heterocycles. The Morgan fingerprint density at radius 1 is 0.880 bits per heavy atom. The second-order valence-electron chi connectivity index (χ2n) is 5.75. The molecule has 0 radical (unpaired) electrons. The van der Waals surface area contributed by atoms with Crippen LogP contribution in [0.3, 0.4) is 0 Å². The lowest BCUT2D eigenvalue weighted by Crippen LogP contribution is -2.31. The van der Waals surface area contributed by atoms with Crippen LogP contribution in [-0.2, 0) is 6.18 Å². The molecule has 25 heavy (non-hydrogen) atoms. The molecule has 0 atom stereocenters. The van der Waals surface area contributed by atoms with E-state index in [1.54, 1.807) is 6.07 Å². The van der Waals surface area contributed by atoms with E-state index >= 15 is 0 Å². The fourth-order valence-corrected chi connectivity index (χ4v) is 2.76. The maximum Gasteiger partial charge on any atom is 0.417 e. The van der Waals surface area contributed by atoms with E-state index in [4.69, 9.17) is 5.26 Å². The highest BCUT2D eigenvalue weighted by Crippen LogP contribution is 2.29. The Hall–Kier alpha value is -2.82. The third-order valence-electron chi connectivity index (χ3n) is 4.10. The number of alkyl halides is 3. The summed E-state index contributed by atoms with van der Waals surface area (Å²) in [6.45, 7) is 2.82. The van der Waals surface area contributed by atoms with Crippen LogP contribution in [0.4, 0.5) is 24.8 Å². The van der Waals surface area contributed by atoms with E-state index in [0.29, 0.717) is 31.0 Å². The maximum absolute atomic E-state index is 12.6. The van der Waals surface area contributed by atoms with Crippen molar-refractivity contribution in [1.82, 2.24) is 9.97 Å². The summed E-state index contributed by atoms with van der Waals surface area (Å²) in [5, 5.41) is 8.83. The van der Waals surface area contributed by atoms with Crippen LogP contribution in [0.2, 0.25) is 0 Å². The monoisotopic (exact) mass is 347 g/mol. The van der Waals surface area contributed by atoms with Gasteiger partial charge in [-0.05, 0) is 30.7 Å². The van der Waals surface area contributed by atoms with Crippen molar-refractivity contribution in [2.45, 2.75) is 12.6 Å². The van der Waals surface area contributed by atoms with Crippen LogP contribution in [0, 0.1) is 11.3 Å².